The fourth-order valence-electron chi connectivity index (χ4n) is 2.07. The molecule has 0 bridgehead atoms. The molecule has 2 nitrogen and oxygen atoms in total. The van der Waals surface area contributed by atoms with Crippen LogP contribution in [0.15, 0.2) is 16.6 Å². The van der Waals surface area contributed by atoms with Gasteiger partial charge in [0.15, 0.2) is 0 Å². The minimum absolute atomic E-state index is 0.121. The van der Waals surface area contributed by atoms with E-state index in [1.807, 2.05) is 4.90 Å². The highest BCUT2D eigenvalue weighted by molar-refractivity contribution is 9.10. The first-order valence-electron chi connectivity index (χ1n) is 5.49. The minimum atomic E-state index is -0.508. The molecule has 1 aliphatic rings. The van der Waals surface area contributed by atoms with Gasteiger partial charge in [-0.1, -0.05) is 0 Å². The Labute approximate surface area is 108 Å². The van der Waals surface area contributed by atoms with Crippen molar-refractivity contribution in [3.8, 4) is 0 Å². The number of hydrogen-bond donors (Lipinski definition) is 0. The molecule has 0 spiro atoms. The zero-order valence-electron chi connectivity index (χ0n) is 9.55. The summed E-state index contributed by atoms with van der Waals surface area (Å²) in [5.74, 6) is -1.00. The fourth-order valence-corrected chi connectivity index (χ4v) is 2.44. The molecular weight excluding hydrogens is 292 g/mol. The molecule has 0 aromatic heterocycles. The minimum Gasteiger partial charge on any atom is -0.380 e. The molecule has 17 heavy (non-hydrogen) atoms. The number of halogens is 3. The van der Waals surface area contributed by atoms with Crippen LogP contribution in [0.1, 0.15) is 12.0 Å². The number of methoxy groups -OCH3 is 1. The number of ether oxygens (including phenoxy) is 1. The van der Waals surface area contributed by atoms with Gasteiger partial charge in [-0.15, -0.1) is 0 Å². The predicted molar refractivity (Wildman–Crippen MR) is 64.7 cm³/mol. The van der Waals surface area contributed by atoms with Gasteiger partial charge in [-0.3, -0.25) is 4.90 Å². The molecule has 0 radical (unpaired) electrons. The Morgan fingerprint density at radius 2 is 2.24 bits per heavy atom. The molecule has 1 heterocycles. The summed E-state index contributed by atoms with van der Waals surface area (Å²) in [5.41, 5.74) is 0.121. The Morgan fingerprint density at radius 3 is 2.88 bits per heavy atom. The van der Waals surface area contributed by atoms with Crippen LogP contribution in [0.2, 0.25) is 0 Å². The van der Waals surface area contributed by atoms with Crippen LogP contribution in [-0.4, -0.2) is 31.2 Å². The van der Waals surface area contributed by atoms with Crippen LogP contribution in [0.25, 0.3) is 0 Å². The van der Waals surface area contributed by atoms with Crippen LogP contribution in [-0.2, 0) is 11.3 Å². The summed E-state index contributed by atoms with van der Waals surface area (Å²) < 4.78 is 32.8. The van der Waals surface area contributed by atoms with Gasteiger partial charge in [-0.2, -0.15) is 0 Å². The second kappa shape index (κ2) is 5.42. The van der Waals surface area contributed by atoms with Crippen LogP contribution in [0, 0.1) is 11.6 Å². The summed E-state index contributed by atoms with van der Waals surface area (Å²) in [6.45, 7) is 1.82. The topological polar surface area (TPSA) is 12.5 Å². The summed E-state index contributed by atoms with van der Waals surface area (Å²) in [6, 6.07) is 2.67. The number of likely N-dealkylation sites (tertiary alicyclic amines) is 1. The highest BCUT2D eigenvalue weighted by atomic mass is 79.9. The molecule has 0 amide bonds. The van der Waals surface area contributed by atoms with Crippen LogP contribution >= 0.6 is 15.9 Å². The maximum atomic E-state index is 13.8. The molecule has 1 aromatic carbocycles. The van der Waals surface area contributed by atoms with E-state index in [1.165, 1.54) is 12.1 Å². The molecule has 94 valence electrons. The van der Waals surface area contributed by atoms with Crippen LogP contribution < -0.4 is 0 Å². The summed E-state index contributed by atoms with van der Waals surface area (Å²) >= 11 is 3.07. The molecule has 2 rings (SSSR count). The van der Waals surface area contributed by atoms with Crippen molar-refractivity contribution in [1.29, 1.82) is 0 Å². The van der Waals surface area contributed by atoms with E-state index in [0.717, 1.165) is 19.5 Å². The van der Waals surface area contributed by atoms with Gasteiger partial charge in [0.1, 0.15) is 11.6 Å². The second-order valence-electron chi connectivity index (χ2n) is 4.20. The largest absolute Gasteiger partial charge is 0.380 e. The normalized spacial score (nSPS) is 21.1. The molecule has 1 atom stereocenters. The van der Waals surface area contributed by atoms with Crippen molar-refractivity contribution in [3.63, 3.8) is 0 Å². The van der Waals surface area contributed by atoms with Gasteiger partial charge >= 0.3 is 0 Å². The van der Waals surface area contributed by atoms with Crippen molar-refractivity contribution in [3.05, 3.63) is 33.8 Å². The lowest BCUT2D eigenvalue weighted by molar-refractivity contribution is 0.107. The van der Waals surface area contributed by atoms with Crippen molar-refractivity contribution < 1.29 is 13.5 Å². The Hall–Kier alpha value is -0.520. The number of hydrogen-bond acceptors (Lipinski definition) is 2. The van der Waals surface area contributed by atoms with Gasteiger partial charge < -0.3 is 4.74 Å². The first-order valence-corrected chi connectivity index (χ1v) is 6.28. The van der Waals surface area contributed by atoms with Crippen LogP contribution in [0.3, 0.4) is 0 Å². The Morgan fingerprint density at radius 1 is 1.47 bits per heavy atom. The third-order valence-corrected chi connectivity index (χ3v) is 3.70. The molecule has 0 saturated carbocycles. The Kier molecular flexibility index (Phi) is 4.12. The van der Waals surface area contributed by atoms with E-state index >= 15 is 0 Å². The lowest BCUT2D eigenvalue weighted by atomic mass is 10.2. The maximum absolute atomic E-state index is 13.8. The molecular formula is C12H14BrF2NO. The number of rotatable bonds is 3. The van der Waals surface area contributed by atoms with Gasteiger partial charge in [0.05, 0.1) is 10.6 Å². The molecule has 1 aliphatic heterocycles. The summed E-state index contributed by atoms with van der Waals surface area (Å²) in [7, 11) is 1.66. The van der Waals surface area contributed by atoms with E-state index in [1.54, 1.807) is 7.11 Å². The highest BCUT2D eigenvalue weighted by Crippen LogP contribution is 2.24. The Balaban J connectivity index is 2.11. The summed E-state index contributed by atoms with van der Waals surface area (Å²) in [4.78, 5) is 2.00. The zero-order valence-corrected chi connectivity index (χ0v) is 11.1. The van der Waals surface area contributed by atoms with Gasteiger partial charge in [0, 0.05) is 32.3 Å². The molecule has 5 heteroatoms. The van der Waals surface area contributed by atoms with Gasteiger partial charge in [-0.25, -0.2) is 8.78 Å². The van der Waals surface area contributed by atoms with E-state index in [2.05, 4.69) is 15.9 Å². The van der Waals surface area contributed by atoms with Gasteiger partial charge in [0.25, 0.3) is 0 Å². The van der Waals surface area contributed by atoms with E-state index in [9.17, 15) is 8.78 Å². The van der Waals surface area contributed by atoms with Crippen LogP contribution in [0.4, 0.5) is 8.78 Å². The lowest BCUT2D eigenvalue weighted by Gasteiger charge is -2.16. The zero-order chi connectivity index (χ0) is 12.4. The fraction of sp³-hybridized carbons (Fsp3) is 0.500. The SMILES string of the molecule is CO[C@H]1CCN(Cc2c(F)ccc(Br)c2F)C1. The standard InChI is InChI=1S/C12H14BrF2NO/c1-17-8-4-5-16(6-8)7-9-11(14)3-2-10(13)12(9)15/h2-3,8H,4-7H2,1H3/t8-/m0/s1. The summed E-state index contributed by atoms with van der Waals surface area (Å²) in [5, 5.41) is 0. The quantitative estimate of drug-likeness (QED) is 0.796. The first-order chi connectivity index (χ1) is 8.11. The van der Waals surface area contributed by atoms with E-state index in [4.69, 9.17) is 4.74 Å². The van der Waals surface area contributed by atoms with Crippen molar-refractivity contribution in [1.82, 2.24) is 4.90 Å². The van der Waals surface area contributed by atoms with Crippen molar-refractivity contribution in [2.75, 3.05) is 20.2 Å². The Bertz CT molecular complexity index is 414. The average Bonchev–Trinajstić information content (AvgIpc) is 2.77. The first kappa shape index (κ1) is 12.9. The molecule has 0 unspecified atom stereocenters. The summed E-state index contributed by atoms with van der Waals surface area (Å²) in [6.07, 6.45) is 1.08. The number of nitrogens with zero attached hydrogens (tertiary/aromatic N) is 1. The lowest BCUT2D eigenvalue weighted by Crippen LogP contribution is -2.23. The van der Waals surface area contributed by atoms with Crippen molar-refractivity contribution in [2.24, 2.45) is 0 Å². The second-order valence-corrected chi connectivity index (χ2v) is 5.06. The van der Waals surface area contributed by atoms with Gasteiger partial charge in [-0.05, 0) is 34.5 Å². The molecule has 1 aromatic rings. The molecule has 0 N–H and O–H groups in total. The predicted octanol–water partition coefficient (Wildman–Crippen LogP) is 2.95. The van der Waals surface area contributed by atoms with E-state index in [0.29, 0.717) is 4.47 Å². The van der Waals surface area contributed by atoms with Crippen molar-refractivity contribution >= 4 is 15.9 Å². The number of benzene rings is 1. The van der Waals surface area contributed by atoms with E-state index in [-0.39, 0.29) is 18.2 Å². The third kappa shape index (κ3) is 2.84. The average molecular weight is 306 g/mol. The highest BCUT2D eigenvalue weighted by Gasteiger charge is 2.24. The van der Waals surface area contributed by atoms with Crippen molar-refractivity contribution in [2.45, 2.75) is 19.1 Å². The van der Waals surface area contributed by atoms with E-state index < -0.39 is 11.6 Å². The third-order valence-electron chi connectivity index (χ3n) is 3.08. The molecule has 1 saturated heterocycles. The monoisotopic (exact) mass is 305 g/mol. The smallest absolute Gasteiger partial charge is 0.144 e. The van der Waals surface area contributed by atoms with Gasteiger partial charge in [0.2, 0.25) is 0 Å². The maximum Gasteiger partial charge on any atom is 0.144 e. The molecule has 1 fully saturated rings. The van der Waals surface area contributed by atoms with Crippen LogP contribution in [0.5, 0.6) is 0 Å². The molecule has 0 aliphatic carbocycles.